The standard InChI is InChI=1S/C13H17ClN2.C2H6/c1-5-11-9(4)13(15)16-7-10(11)6-12(14)8(2)3;1-2/h5-8H,1H2,2-4H3,(H2,15,16);1-2H3/b12-6+;. The van der Waals surface area contributed by atoms with E-state index in [1.165, 1.54) is 0 Å². The number of allylic oxidation sites excluding steroid dienone is 1. The van der Waals surface area contributed by atoms with Crippen LogP contribution in [0.4, 0.5) is 5.82 Å². The van der Waals surface area contributed by atoms with Crippen LogP contribution in [0.25, 0.3) is 12.2 Å². The van der Waals surface area contributed by atoms with Gasteiger partial charge in [-0.1, -0.05) is 52.0 Å². The lowest BCUT2D eigenvalue weighted by molar-refractivity contribution is 0.818. The van der Waals surface area contributed by atoms with Crippen molar-refractivity contribution < 1.29 is 0 Å². The molecule has 1 rings (SSSR count). The second kappa shape index (κ2) is 7.93. The van der Waals surface area contributed by atoms with Gasteiger partial charge < -0.3 is 5.73 Å². The summed E-state index contributed by atoms with van der Waals surface area (Å²) in [4.78, 5) is 4.13. The molecule has 0 fully saturated rings. The average Bonchev–Trinajstić information content (AvgIpc) is 2.36. The third-order valence-corrected chi connectivity index (χ3v) is 3.04. The van der Waals surface area contributed by atoms with Gasteiger partial charge >= 0.3 is 0 Å². The molecule has 2 N–H and O–H groups in total. The van der Waals surface area contributed by atoms with Gasteiger partial charge in [0.1, 0.15) is 5.82 Å². The Bertz CT molecular complexity index is 434. The number of aromatic nitrogens is 1. The first kappa shape index (κ1) is 16.7. The molecule has 0 unspecified atom stereocenters. The SMILES string of the molecule is C=Cc1c(/C=C(/Cl)C(C)C)cnc(N)c1C.CC. The fraction of sp³-hybridized carbons (Fsp3) is 0.400. The summed E-state index contributed by atoms with van der Waals surface area (Å²) in [5.74, 6) is 0.838. The van der Waals surface area contributed by atoms with E-state index in [1.807, 2.05) is 40.7 Å². The minimum absolute atomic E-state index is 0.303. The summed E-state index contributed by atoms with van der Waals surface area (Å²) in [6.07, 6.45) is 5.43. The predicted molar refractivity (Wildman–Crippen MR) is 83.5 cm³/mol. The van der Waals surface area contributed by atoms with Crippen LogP contribution in [0.5, 0.6) is 0 Å². The molecule has 1 aromatic rings. The van der Waals surface area contributed by atoms with E-state index in [0.29, 0.717) is 11.7 Å². The molecule has 0 amide bonds. The summed E-state index contributed by atoms with van der Waals surface area (Å²) in [6, 6.07) is 0. The highest BCUT2D eigenvalue weighted by Gasteiger charge is 2.07. The molecule has 1 aromatic heterocycles. The zero-order valence-electron chi connectivity index (χ0n) is 11.9. The van der Waals surface area contributed by atoms with Crippen molar-refractivity contribution >= 4 is 29.6 Å². The lowest BCUT2D eigenvalue weighted by Crippen LogP contribution is -1.98. The van der Waals surface area contributed by atoms with Gasteiger partial charge in [0.15, 0.2) is 0 Å². The van der Waals surface area contributed by atoms with Crippen LogP contribution in [0, 0.1) is 12.8 Å². The second-order valence-corrected chi connectivity index (χ2v) is 4.46. The monoisotopic (exact) mass is 266 g/mol. The van der Waals surface area contributed by atoms with Gasteiger partial charge in [-0.2, -0.15) is 0 Å². The Morgan fingerprint density at radius 2 is 2.00 bits per heavy atom. The molecular formula is C15H23ClN2. The van der Waals surface area contributed by atoms with Crippen LogP contribution in [-0.2, 0) is 0 Å². The summed E-state index contributed by atoms with van der Waals surface area (Å²) in [7, 11) is 0. The minimum atomic E-state index is 0.303. The zero-order chi connectivity index (χ0) is 14.3. The van der Waals surface area contributed by atoms with Crippen molar-refractivity contribution in [2.45, 2.75) is 34.6 Å². The van der Waals surface area contributed by atoms with Gasteiger partial charge in [-0.3, -0.25) is 0 Å². The van der Waals surface area contributed by atoms with E-state index in [9.17, 15) is 0 Å². The zero-order valence-corrected chi connectivity index (χ0v) is 12.7. The average molecular weight is 267 g/mol. The van der Waals surface area contributed by atoms with Crippen molar-refractivity contribution in [2.24, 2.45) is 5.92 Å². The number of nitrogens with two attached hydrogens (primary N) is 1. The van der Waals surface area contributed by atoms with Crippen LogP contribution < -0.4 is 5.73 Å². The lowest BCUT2D eigenvalue weighted by Gasteiger charge is -2.09. The number of hydrogen-bond acceptors (Lipinski definition) is 2. The number of nitrogens with zero attached hydrogens (tertiary/aromatic N) is 1. The Morgan fingerprint density at radius 3 is 2.44 bits per heavy atom. The van der Waals surface area contributed by atoms with Gasteiger partial charge in [0.2, 0.25) is 0 Å². The van der Waals surface area contributed by atoms with E-state index >= 15 is 0 Å². The number of anilines is 1. The first-order valence-electron chi connectivity index (χ1n) is 6.22. The Labute approximate surface area is 116 Å². The predicted octanol–water partition coefficient (Wildman–Crippen LogP) is 4.88. The van der Waals surface area contributed by atoms with Gasteiger partial charge in [0, 0.05) is 16.8 Å². The van der Waals surface area contributed by atoms with E-state index in [4.69, 9.17) is 17.3 Å². The van der Waals surface area contributed by atoms with E-state index in [-0.39, 0.29) is 0 Å². The molecule has 0 aliphatic carbocycles. The Kier molecular flexibility index (Phi) is 7.37. The van der Waals surface area contributed by atoms with Crippen LogP contribution in [0.2, 0.25) is 0 Å². The molecule has 100 valence electrons. The van der Waals surface area contributed by atoms with Crippen LogP contribution in [-0.4, -0.2) is 4.98 Å². The Balaban J connectivity index is 0.00000137. The maximum atomic E-state index is 6.14. The van der Waals surface area contributed by atoms with Crippen molar-refractivity contribution in [3.63, 3.8) is 0 Å². The first-order valence-corrected chi connectivity index (χ1v) is 6.59. The largest absolute Gasteiger partial charge is 0.383 e. The van der Waals surface area contributed by atoms with E-state index < -0.39 is 0 Å². The van der Waals surface area contributed by atoms with Crippen LogP contribution in [0.15, 0.2) is 17.8 Å². The summed E-state index contributed by atoms with van der Waals surface area (Å²) in [6.45, 7) is 13.8. The molecule has 0 saturated heterocycles. The molecule has 0 aliphatic rings. The molecule has 1 heterocycles. The molecule has 0 atom stereocenters. The molecule has 0 aromatic carbocycles. The van der Waals surface area contributed by atoms with Crippen LogP contribution in [0.1, 0.15) is 44.4 Å². The summed E-state index contributed by atoms with van der Waals surface area (Å²) in [5.41, 5.74) is 8.64. The number of halogens is 1. The van der Waals surface area contributed by atoms with Crippen molar-refractivity contribution in [2.75, 3.05) is 5.73 Å². The molecular weight excluding hydrogens is 244 g/mol. The normalized spacial score (nSPS) is 10.9. The maximum absolute atomic E-state index is 6.14. The molecule has 0 saturated carbocycles. The quantitative estimate of drug-likeness (QED) is 0.847. The summed E-state index contributed by atoms with van der Waals surface area (Å²) >= 11 is 6.14. The molecule has 3 heteroatoms. The minimum Gasteiger partial charge on any atom is -0.383 e. The van der Waals surface area contributed by atoms with Crippen LogP contribution >= 0.6 is 11.6 Å². The van der Waals surface area contributed by atoms with Gasteiger partial charge in [0.05, 0.1) is 0 Å². The third-order valence-electron chi connectivity index (χ3n) is 2.49. The lowest BCUT2D eigenvalue weighted by atomic mass is 10.0. The van der Waals surface area contributed by atoms with Gasteiger partial charge in [-0.15, -0.1) is 0 Å². The van der Waals surface area contributed by atoms with Crippen molar-refractivity contribution in [3.8, 4) is 0 Å². The fourth-order valence-corrected chi connectivity index (χ4v) is 1.48. The number of nitrogen functional groups attached to an aromatic ring is 1. The van der Waals surface area contributed by atoms with Crippen LogP contribution in [0.3, 0.4) is 0 Å². The highest BCUT2D eigenvalue weighted by molar-refractivity contribution is 6.31. The van der Waals surface area contributed by atoms with Gasteiger partial charge in [0.25, 0.3) is 0 Å². The maximum Gasteiger partial charge on any atom is 0.126 e. The first-order chi connectivity index (χ1) is 8.47. The molecule has 18 heavy (non-hydrogen) atoms. The molecule has 0 spiro atoms. The Morgan fingerprint density at radius 1 is 1.44 bits per heavy atom. The molecule has 0 aliphatic heterocycles. The second-order valence-electron chi connectivity index (χ2n) is 4.03. The van der Waals surface area contributed by atoms with Gasteiger partial charge in [-0.05, 0) is 30.0 Å². The van der Waals surface area contributed by atoms with Crippen molar-refractivity contribution in [3.05, 3.63) is 34.5 Å². The topological polar surface area (TPSA) is 38.9 Å². The van der Waals surface area contributed by atoms with Gasteiger partial charge in [-0.25, -0.2) is 4.98 Å². The highest BCUT2D eigenvalue weighted by atomic mass is 35.5. The fourth-order valence-electron chi connectivity index (χ4n) is 1.36. The molecule has 0 bridgehead atoms. The smallest absolute Gasteiger partial charge is 0.126 e. The van der Waals surface area contributed by atoms with E-state index in [2.05, 4.69) is 11.6 Å². The van der Waals surface area contributed by atoms with E-state index in [1.54, 1.807) is 12.3 Å². The highest BCUT2D eigenvalue weighted by Crippen LogP contribution is 2.24. The van der Waals surface area contributed by atoms with E-state index in [0.717, 1.165) is 21.7 Å². The molecule has 2 nitrogen and oxygen atoms in total. The third kappa shape index (κ3) is 4.19. The number of rotatable bonds is 3. The summed E-state index contributed by atoms with van der Waals surface area (Å²) < 4.78 is 0. The summed E-state index contributed by atoms with van der Waals surface area (Å²) in [5, 5.41) is 0.800. The van der Waals surface area contributed by atoms with Crippen molar-refractivity contribution in [1.29, 1.82) is 0 Å². The molecule has 0 radical (unpaired) electrons. The number of pyridine rings is 1. The van der Waals surface area contributed by atoms with Crippen molar-refractivity contribution in [1.82, 2.24) is 4.98 Å². The number of hydrogen-bond donors (Lipinski definition) is 1. The Hall–Kier alpha value is -1.28.